The van der Waals surface area contributed by atoms with Crippen LogP contribution >= 0.6 is 0 Å². The van der Waals surface area contributed by atoms with Gasteiger partial charge in [0.2, 0.25) is 0 Å². The molecule has 0 spiro atoms. The summed E-state index contributed by atoms with van der Waals surface area (Å²) in [5, 5.41) is 16.1. The molecule has 6 nitrogen and oxygen atoms in total. The van der Waals surface area contributed by atoms with Gasteiger partial charge in [-0.25, -0.2) is 0 Å². The van der Waals surface area contributed by atoms with Crippen LogP contribution in [-0.4, -0.2) is 23.0 Å². The molecular formula is C21H22N4O2. The molecule has 0 atom stereocenters. The number of nitrogens with zero attached hydrogens (tertiary/aromatic N) is 3. The summed E-state index contributed by atoms with van der Waals surface area (Å²) < 4.78 is 0. The molecule has 0 unspecified atom stereocenters. The number of nitro benzene ring substituents is 1. The van der Waals surface area contributed by atoms with Crippen molar-refractivity contribution in [3.63, 3.8) is 0 Å². The molecule has 0 amide bonds. The van der Waals surface area contributed by atoms with Crippen LogP contribution in [-0.2, 0) is 6.54 Å². The van der Waals surface area contributed by atoms with E-state index >= 15 is 0 Å². The van der Waals surface area contributed by atoms with Crippen LogP contribution < -0.4 is 10.2 Å². The average molecular weight is 362 g/mol. The van der Waals surface area contributed by atoms with Gasteiger partial charge in [-0.15, -0.1) is 0 Å². The molecule has 1 aromatic heterocycles. The Morgan fingerprint density at radius 1 is 1.04 bits per heavy atom. The third-order valence-electron chi connectivity index (χ3n) is 5.15. The first kappa shape index (κ1) is 17.3. The minimum Gasteiger partial charge on any atom is -0.380 e. The summed E-state index contributed by atoms with van der Waals surface area (Å²) in [5.74, 6) is 0. The van der Waals surface area contributed by atoms with E-state index in [1.807, 2.05) is 6.07 Å². The lowest BCUT2D eigenvalue weighted by Gasteiger charge is -2.30. The maximum Gasteiger partial charge on any atom is 0.278 e. The summed E-state index contributed by atoms with van der Waals surface area (Å²) >= 11 is 0. The number of nitrogens with one attached hydrogen (secondary N) is 1. The highest BCUT2D eigenvalue weighted by atomic mass is 16.6. The van der Waals surface area contributed by atoms with E-state index in [1.54, 1.807) is 24.5 Å². The number of nitro groups is 1. The molecule has 0 bridgehead atoms. The second-order valence-corrected chi connectivity index (χ2v) is 6.84. The van der Waals surface area contributed by atoms with Gasteiger partial charge in [0.1, 0.15) is 0 Å². The number of pyridine rings is 1. The molecule has 3 aromatic rings. The van der Waals surface area contributed by atoms with Crippen molar-refractivity contribution in [2.75, 3.05) is 23.3 Å². The van der Waals surface area contributed by atoms with Gasteiger partial charge in [-0.3, -0.25) is 15.1 Å². The molecule has 1 aliphatic rings. The van der Waals surface area contributed by atoms with Gasteiger partial charge in [-0.05, 0) is 43.0 Å². The molecule has 1 aliphatic heterocycles. The Balaban J connectivity index is 1.61. The Hall–Kier alpha value is -3.15. The number of aromatic nitrogens is 1. The summed E-state index contributed by atoms with van der Waals surface area (Å²) in [7, 11) is 0. The number of hydrogen-bond acceptors (Lipinski definition) is 5. The number of rotatable bonds is 5. The zero-order valence-corrected chi connectivity index (χ0v) is 15.1. The Morgan fingerprint density at radius 3 is 2.67 bits per heavy atom. The molecule has 4 rings (SSSR count). The van der Waals surface area contributed by atoms with Crippen molar-refractivity contribution in [2.45, 2.75) is 25.8 Å². The molecule has 2 heterocycles. The Morgan fingerprint density at radius 2 is 1.85 bits per heavy atom. The molecule has 1 fully saturated rings. The van der Waals surface area contributed by atoms with Gasteiger partial charge < -0.3 is 10.2 Å². The van der Waals surface area contributed by atoms with Gasteiger partial charge in [0.15, 0.2) is 0 Å². The van der Waals surface area contributed by atoms with E-state index in [9.17, 15) is 10.1 Å². The van der Waals surface area contributed by atoms with Crippen LogP contribution in [0, 0.1) is 10.1 Å². The van der Waals surface area contributed by atoms with E-state index < -0.39 is 0 Å². The average Bonchev–Trinajstić information content (AvgIpc) is 2.72. The number of piperidine rings is 1. The predicted octanol–water partition coefficient (Wildman–Crippen LogP) is 4.75. The third-order valence-corrected chi connectivity index (χ3v) is 5.15. The van der Waals surface area contributed by atoms with E-state index in [-0.39, 0.29) is 10.6 Å². The summed E-state index contributed by atoms with van der Waals surface area (Å²) in [6.45, 7) is 2.87. The van der Waals surface area contributed by atoms with Gasteiger partial charge in [0.25, 0.3) is 5.69 Å². The minimum absolute atomic E-state index is 0.0809. The summed E-state index contributed by atoms with van der Waals surface area (Å²) in [6.07, 6.45) is 7.00. The van der Waals surface area contributed by atoms with Gasteiger partial charge in [-0.1, -0.05) is 18.2 Å². The van der Waals surface area contributed by atoms with Crippen LogP contribution in [0.3, 0.4) is 0 Å². The quantitative estimate of drug-likeness (QED) is 0.524. The van der Waals surface area contributed by atoms with E-state index in [1.165, 1.54) is 30.5 Å². The van der Waals surface area contributed by atoms with Gasteiger partial charge in [0, 0.05) is 54.9 Å². The molecule has 0 aliphatic carbocycles. The van der Waals surface area contributed by atoms with Crippen molar-refractivity contribution in [3.8, 4) is 0 Å². The maximum absolute atomic E-state index is 11.3. The fourth-order valence-corrected chi connectivity index (χ4v) is 3.78. The molecule has 0 saturated carbocycles. The van der Waals surface area contributed by atoms with E-state index in [4.69, 9.17) is 0 Å². The first-order chi connectivity index (χ1) is 13.2. The van der Waals surface area contributed by atoms with Gasteiger partial charge in [0.05, 0.1) is 10.3 Å². The molecule has 6 heteroatoms. The molecule has 27 heavy (non-hydrogen) atoms. The number of anilines is 2. The van der Waals surface area contributed by atoms with Crippen LogP contribution in [0.25, 0.3) is 10.8 Å². The van der Waals surface area contributed by atoms with Crippen LogP contribution in [0.2, 0.25) is 0 Å². The summed E-state index contributed by atoms with van der Waals surface area (Å²) in [6, 6.07) is 13.6. The van der Waals surface area contributed by atoms with Crippen molar-refractivity contribution in [1.29, 1.82) is 0 Å². The molecule has 138 valence electrons. The first-order valence-electron chi connectivity index (χ1n) is 9.32. The Bertz CT molecular complexity index is 967. The fourth-order valence-electron chi connectivity index (χ4n) is 3.78. The summed E-state index contributed by atoms with van der Waals surface area (Å²) in [4.78, 5) is 17.4. The number of hydrogen-bond donors (Lipinski definition) is 1. The Kier molecular flexibility index (Phi) is 4.87. The molecule has 1 saturated heterocycles. The van der Waals surface area contributed by atoms with Crippen LogP contribution in [0.15, 0.2) is 54.9 Å². The second-order valence-electron chi connectivity index (χ2n) is 6.84. The van der Waals surface area contributed by atoms with Crippen molar-refractivity contribution in [2.24, 2.45) is 0 Å². The largest absolute Gasteiger partial charge is 0.380 e. The number of non-ortho nitro benzene ring substituents is 1. The third kappa shape index (κ3) is 3.56. The lowest BCUT2D eigenvalue weighted by Crippen LogP contribution is -2.30. The number of para-hydroxylation sites is 1. The maximum atomic E-state index is 11.3. The normalized spacial score (nSPS) is 14.3. The zero-order valence-electron chi connectivity index (χ0n) is 15.1. The topological polar surface area (TPSA) is 71.3 Å². The first-order valence-corrected chi connectivity index (χ1v) is 9.32. The highest BCUT2D eigenvalue weighted by Crippen LogP contribution is 2.32. The summed E-state index contributed by atoms with van der Waals surface area (Å²) in [5.41, 5.74) is 3.47. The zero-order chi connectivity index (χ0) is 18.6. The second kappa shape index (κ2) is 7.61. The van der Waals surface area contributed by atoms with Crippen molar-refractivity contribution >= 4 is 27.8 Å². The standard InChI is InChI=1S/C21H22N4O2/c26-25(27)21-9-8-19(17-10-11-22-15-18(17)21)23-14-16-6-2-3-7-20(16)24-12-4-1-5-13-24/h2-3,6-11,15,23H,1,4-5,12-14H2. The lowest BCUT2D eigenvalue weighted by atomic mass is 10.1. The number of fused-ring (bicyclic) bond motifs is 1. The van der Waals surface area contributed by atoms with E-state index in [2.05, 4.69) is 39.5 Å². The van der Waals surface area contributed by atoms with Gasteiger partial charge >= 0.3 is 0 Å². The smallest absolute Gasteiger partial charge is 0.278 e. The van der Waals surface area contributed by atoms with E-state index in [0.717, 1.165) is 24.2 Å². The van der Waals surface area contributed by atoms with Crippen molar-refractivity contribution < 1.29 is 4.92 Å². The molecular weight excluding hydrogens is 340 g/mol. The lowest BCUT2D eigenvalue weighted by molar-refractivity contribution is -0.383. The fraction of sp³-hybridized carbons (Fsp3) is 0.286. The number of benzene rings is 2. The van der Waals surface area contributed by atoms with Crippen molar-refractivity contribution in [1.82, 2.24) is 4.98 Å². The Labute approximate surface area is 158 Å². The van der Waals surface area contributed by atoms with Crippen LogP contribution in [0.5, 0.6) is 0 Å². The predicted molar refractivity (Wildman–Crippen MR) is 108 cm³/mol. The molecule has 1 N–H and O–H groups in total. The van der Waals surface area contributed by atoms with Crippen LogP contribution in [0.4, 0.5) is 17.1 Å². The monoisotopic (exact) mass is 362 g/mol. The minimum atomic E-state index is -0.362. The van der Waals surface area contributed by atoms with E-state index in [0.29, 0.717) is 11.9 Å². The highest BCUT2D eigenvalue weighted by Gasteiger charge is 2.16. The van der Waals surface area contributed by atoms with Gasteiger partial charge in [-0.2, -0.15) is 0 Å². The molecule has 0 radical (unpaired) electrons. The molecule has 2 aromatic carbocycles. The van der Waals surface area contributed by atoms with Crippen molar-refractivity contribution in [3.05, 3.63) is 70.5 Å². The SMILES string of the molecule is O=[N+]([O-])c1ccc(NCc2ccccc2N2CCCCC2)c2ccncc12. The van der Waals surface area contributed by atoms with Crippen LogP contribution in [0.1, 0.15) is 24.8 Å². The highest BCUT2D eigenvalue weighted by molar-refractivity contribution is 5.99.